The summed E-state index contributed by atoms with van der Waals surface area (Å²) in [6.45, 7) is 1.59. The number of oxazole rings is 1. The summed E-state index contributed by atoms with van der Waals surface area (Å²) >= 11 is 0. The molecular formula is C12H11NO4. The van der Waals surface area contributed by atoms with Gasteiger partial charge in [-0.15, -0.1) is 0 Å². The summed E-state index contributed by atoms with van der Waals surface area (Å²) in [5, 5.41) is 8.89. The van der Waals surface area contributed by atoms with E-state index in [9.17, 15) is 4.79 Å². The summed E-state index contributed by atoms with van der Waals surface area (Å²) < 4.78 is 10.4. The number of methoxy groups -OCH3 is 1. The average Bonchev–Trinajstić information content (AvgIpc) is 2.71. The Bertz CT molecular complexity index is 559. The van der Waals surface area contributed by atoms with E-state index in [2.05, 4.69) is 4.98 Å². The van der Waals surface area contributed by atoms with E-state index in [1.54, 1.807) is 25.1 Å². The molecule has 0 aliphatic carbocycles. The Labute approximate surface area is 97.7 Å². The molecule has 0 saturated heterocycles. The van der Waals surface area contributed by atoms with Crippen LogP contribution in [0.5, 0.6) is 5.75 Å². The van der Waals surface area contributed by atoms with Gasteiger partial charge in [-0.3, -0.25) is 0 Å². The van der Waals surface area contributed by atoms with Gasteiger partial charge in [-0.2, -0.15) is 0 Å². The molecule has 1 aromatic carbocycles. The second-order valence-electron chi connectivity index (χ2n) is 3.44. The summed E-state index contributed by atoms with van der Waals surface area (Å²) in [6, 6.07) is 7.14. The van der Waals surface area contributed by atoms with Gasteiger partial charge in [-0.25, -0.2) is 9.78 Å². The molecule has 0 saturated carbocycles. The smallest absolute Gasteiger partial charge is 0.373 e. The number of aromatic nitrogens is 1. The minimum atomic E-state index is -1.13. The van der Waals surface area contributed by atoms with Crippen LogP contribution in [0, 0.1) is 6.92 Å². The first-order valence-electron chi connectivity index (χ1n) is 4.97. The lowest BCUT2D eigenvalue weighted by Gasteiger charge is -2.03. The Balaban J connectivity index is 2.53. The van der Waals surface area contributed by atoms with Crippen molar-refractivity contribution in [3.05, 3.63) is 35.7 Å². The van der Waals surface area contributed by atoms with Gasteiger partial charge in [0.15, 0.2) is 0 Å². The average molecular weight is 233 g/mol. The molecule has 0 atom stereocenters. The number of carboxylic acid groups (broad SMARTS) is 1. The van der Waals surface area contributed by atoms with Crippen LogP contribution in [0.2, 0.25) is 0 Å². The number of benzene rings is 1. The zero-order valence-electron chi connectivity index (χ0n) is 9.43. The summed E-state index contributed by atoms with van der Waals surface area (Å²) in [5.41, 5.74) is 0.976. The van der Waals surface area contributed by atoms with Gasteiger partial charge in [0.1, 0.15) is 5.75 Å². The lowest BCUT2D eigenvalue weighted by Crippen LogP contribution is -1.95. The van der Waals surface area contributed by atoms with Gasteiger partial charge in [0, 0.05) is 0 Å². The van der Waals surface area contributed by atoms with Crippen molar-refractivity contribution in [2.45, 2.75) is 6.92 Å². The highest BCUT2D eigenvalue weighted by Gasteiger charge is 2.18. The van der Waals surface area contributed by atoms with Crippen molar-refractivity contribution in [1.82, 2.24) is 4.98 Å². The third-order valence-corrected chi connectivity index (χ3v) is 2.33. The number of carbonyl (C=O) groups is 1. The van der Waals surface area contributed by atoms with Gasteiger partial charge >= 0.3 is 5.97 Å². The Morgan fingerprint density at radius 3 is 2.71 bits per heavy atom. The molecule has 5 nitrogen and oxygen atoms in total. The van der Waals surface area contributed by atoms with Crippen molar-refractivity contribution in [1.29, 1.82) is 0 Å². The van der Waals surface area contributed by atoms with Crippen molar-refractivity contribution in [2.75, 3.05) is 7.11 Å². The first-order chi connectivity index (χ1) is 8.13. The number of aryl methyl sites for hydroxylation is 1. The van der Waals surface area contributed by atoms with Gasteiger partial charge < -0.3 is 14.3 Å². The number of rotatable bonds is 3. The van der Waals surface area contributed by atoms with Crippen LogP contribution in [0.1, 0.15) is 16.2 Å². The van der Waals surface area contributed by atoms with E-state index < -0.39 is 5.97 Å². The highest BCUT2D eigenvalue weighted by atomic mass is 16.5. The molecule has 1 aromatic heterocycles. The number of carboxylic acids is 1. The number of aromatic carboxylic acids is 1. The lowest BCUT2D eigenvalue weighted by atomic mass is 10.2. The predicted molar refractivity (Wildman–Crippen MR) is 60.2 cm³/mol. The first-order valence-corrected chi connectivity index (χ1v) is 4.97. The van der Waals surface area contributed by atoms with Gasteiger partial charge in [0.05, 0.1) is 18.4 Å². The van der Waals surface area contributed by atoms with E-state index >= 15 is 0 Å². The molecule has 0 radical (unpaired) electrons. The van der Waals surface area contributed by atoms with Crippen molar-refractivity contribution in [3.63, 3.8) is 0 Å². The van der Waals surface area contributed by atoms with Crippen LogP contribution in [0.4, 0.5) is 0 Å². The van der Waals surface area contributed by atoms with E-state index in [0.29, 0.717) is 17.0 Å². The standard InChI is InChI=1S/C12H11NO4/c1-7-10(12(14)15)17-11(13-7)8-5-3-4-6-9(8)16-2/h3-6H,1-2H3,(H,14,15). The summed E-state index contributed by atoms with van der Waals surface area (Å²) in [7, 11) is 1.53. The molecule has 1 N–H and O–H groups in total. The first kappa shape index (κ1) is 11.2. The van der Waals surface area contributed by atoms with Crippen LogP contribution in [-0.2, 0) is 0 Å². The van der Waals surface area contributed by atoms with Crippen LogP contribution in [0.25, 0.3) is 11.5 Å². The maximum atomic E-state index is 10.9. The van der Waals surface area contributed by atoms with Crippen LogP contribution in [-0.4, -0.2) is 23.2 Å². The number of hydrogen-bond acceptors (Lipinski definition) is 4. The molecule has 0 spiro atoms. The van der Waals surface area contributed by atoms with Gasteiger partial charge in [-0.05, 0) is 19.1 Å². The minimum Gasteiger partial charge on any atom is -0.496 e. The molecule has 0 fully saturated rings. The maximum Gasteiger partial charge on any atom is 0.373 e. The lowest BCUT2D eigenvalue weighted by molar-refractivity contribution is 0.0662. The Morgan fingerprint density at radius 1 is 1.41 bits per heavy atom. The van der Waals surface area contributed by atoms with Gasteiger partial charge in [0.25, 0.3) is 0 Å². The number of nitrogens with zero attached hydrogens (tertiary/aromatic N) is 1. The van der Waals surface area contributed by atoms with Crippen LogP contribution in [0.15, 0.2) is 28.7 Å². The highest BCUT2D eigenvalue weighted by molar-refractivity contribution is 5.86. The van der Waals surface area contributed by atoms with Crippen LogP contribution >= 0.6 is 0 Å². The molecule has 2 aromatic rings. The van der Waals surface area contributed by atoms with Crippen LogP contribution in [0.3, 0.4) is 0 Å². The quantitative estimate of drug-likeness (QED) is 0.880. The molecule has 17 heavy (non-hydrogen) atoms. The number of para-hydroxylation sites is 1. The summed E-state index contributed by atoms with van der Waals surface area (Å²) in [6.07, 6.45) is 0. The van der Waals surface area contributed by atoms with E-state index in [1.807, 2.05) is 6.07 Å². The fourth-order valence-corrected chi connectivity index (χ4v) is 1.53. The monoisotopic (exact) mass is 233 g/mol. The molecule has 5 heteroatoms. The van der Waals surface area contributed by atoms with E-state index in [1.165, 1.54) is 7.11 Å². The second-order valence-corrected chi connectivity index (χ2v) is 3.44. The third kappa shape index (κ3) is 1.99. The van der Waals surface area contributed by atoms with Crippen LogP contribution < -0.4 is 4.74 Å². The number of hydrogen-bond donors (Lipinski definition) is 1. The van der Waals surface area contributed by atoms with E-state index in [0.717, 1.165) is 0 Å². The zero-order chi connectivity index (χ0) is 12.4. The summed E-state index contributed by atoms with van der Waals surface area (Å²) in [5.74, 6) is -0.440. The van der Waals surface area contributed by atoms with Gasteiger partial charge in [0.2, 0.25) is 11.7 Å². The molecule has 2 rings (SSSR count). The van der Waals surface area contributed by atoms with Crippen molar-refractivity contribution in [2.24, 2.45) is 0 Å². The normalized spacial score (nSPS) is 10.2. The Hall–Kier alpha value is -2.30. The molecule has 0 amide bonds. The highest BCUT2D eigenvalue weighted by Crippen LogP contribution is 2.30. The topological polar surface area (TPSA) is 72.6 Å². The van der Waals surface area contributed by atoms with E-state index in [4.69, 9.17) is 14.3 Å². The van der Waals surface area contributed by atoms with Crippen molar-refractivity contribution >= 4 is 5.97 Å². The molecule has 1 heterocycles. The second kappa shape index (κ2) is 4.29. The molecule has 0 aliphatic rings. The van der Waals surface area contributed by atoms with E-state index in [-0.39, 0.29) is 11.7 Å². The fourth-order valence-electron chi connectivity index (χ4n) is 1.53. The van der Waals surface area contributed by atoms with Gasteiger partial charge in [-0.1, -0.05) is 12.1 Å². The SMILES string of the molecule is COc1ccccc1-c1nc(C)c(C(=O)O)o1. The summed E-state index contributed by atoms with van der Waals surface area (Å²) in [4.78, 5) is 14.9. The molecule has 88 valence electrons. The molecule has 0 unspecified atom stereocenters. The number of ether oxygens (including phenoxy) is 1. The van der Waals surface area contributed by atoms with Crippen molar-refractivity contribution < 1.29 is 19.1 Å². The third-order valence-electron chi connectivity index (χ3n) is 2.33. The predicted octanol–water partition coefficient (Wildman–Crippen LogP) is 2.36. The fraction of sp³-hybridized carbons (Fsp3) is 0.167. The molecular weight excluding hydrogens is 222 g/mol. The Kier molecular flexibility index (Phi) is 2.82. The van der Waals surface area contributed by atoms with Crippen molar-refractivity contribution in [3.8, 4) is 17.2 Å². The maximum absolute atomic E-state index is 10.9. The minimum absolute atomic E-state index is 0.147. The largest absolute Gasteiger partial charge is 0.496 e. The Morgan fingerprint density at radius 2 is 2.12 bits per heavy atom. The molecule has 0 aliphatic heterocycles. The zero-order valence-corrected chi connectivity index (χ0v) is 9.43. The molecule has 0 bridgehead atoms.